The number of aryl methyl sites for hydroxylation is 1. The van der Waals surface area contributed by atoms with Crippen molar-refractivity contribution in [3.63, 3.8) is 0 Å². The lowest BCUT2D eigenvalue weighted by molar-refractivity contribution is 0.122. The SMILES string of the molecule is CCNC(=O)Nc1cc(-c2nc(C)cs2)c(-c2cc(-c3n[nH]c(=O)o3)nc(N3CCOCC3)c2)cn1. The number of carbonyl (C=O) groups is 1. The summed E-state index contributed by atoms with van der Waals surface area (Å²) in [6, 6.07) is 5.21. The highest BCUT2D eigenvalue weighted by Crippen LogP contribution is 2.37. The van der Waals surface area contributed by atoms with E-state index in [0.29, 0.717) is 50.2 Å². The lowest BCUT2D eigenvalue weighted by Gasteiger charge is -2.28. The first kappa shape index (κ1) is 23.6. The number of hydrogen-bond acceptors (Lipinski definition) is 10. The fraction of sp³-hybridized carbons (Fsp3) is 0.304. The number of thiazole rings is 1. The molecule has 1 saturated heterocycles. The highest BCUT2D eigenvalue weighted by molar-refractivity contribution is 7.13. The molecule has 36 heavy (non-hydrogen) atoms. The Hall–Kier alpha value is -4.10. The van der Waals surface area contributed by atoms with Gasteiger partial charge in [0.1, 0.15) is 22.3 Å². The maximum atomic E-state index is 12.1. The number of anilines is 2. The quantitative estimate of drug-likeness (QED) is 0.357. The molecule has 1 fully saturated rings. The smallest absolute Gasteiger partial charge is 0.386 e. The third kappa shape index (κ3) is 5.11. The first-order valence-electron chi connectivity index (χ1n) is 11.4. The molecule has 0 aliphatic carbocycles. The topological polar surface area (TPSA) is 151 Å². The summed E-state index contributed by atoms with van der Waals surface area (Å²) in [4.78, 5) is 39.7. The number of nitrogens with zero attached hydrogens (tertiary/aromatic N) is 5. The van der Waals surface area contributed by atoms with Crippen LogP contribution in [-0.2, 0) is 4.74 Å². The predicted octanol–water partition coefficient (Wildman–Crippen LogP) is 2.90. The van der Waals surface area contributed by atoms with Crippen LogP contribution in [0.4, 0.5) is 16.4 Å². The fourth-order valence-electron chi connectivity index (χ4n) is 3.80. The number of nitrogens with one attached hydrogen (secondary N) is 3. The molecule has 0 aromatic carbocycles. The van der Waals surface area contributed by atoms with E-state index < -0.39 is 5.76 Å². The van der Waals surface area contributed by atoms with Gasteiger partial charge in [-0.25, -0.2) is 29.6 Å². The largest absolute Gasteiger partial charge is 0.434 e. The average molecular weight is 509 g/mol. The Balaban J connectivity index is 1.64. The number of H-pyrrole nitrogens is 1. The predicted molar refractivity (Wildman–Crippen MR) is 135 cm³/mol. The second-order valence-corrected chi connectivity index (χ2v) is 8.87. The summed E-state index contributed by atoms with van der Waals surface area (Å²) >= 11 is 1.50. The number of pyridine rings is 2. The zero-order chi connectivity index (χ0) is 25.1. The Morgan fingerprint density at radius 1 is 1.19 bits per heavy atom. The number of ether oxygens (including phenoxy) is 1. The molecule has 0 radical (unpaired) electrons. The number of morpholine rings is 1. The Bertz CT molecular complexity index is 1440. The lowest BCUT2D eigenvalue weighted by Crippen LogP contribution is -2.36. The Morgan fingerprint density at radius 3 is 2.72 bits per heavy atom. The van der Waals surface area contributed by atoms with Gasteiger partial charge in [0.05, 0.1) is 13.2 Å². The van der Waals surface area contributed by atoms with Crippen molar-refractivity contribution in [3.05, 3.63) is 46.0 Å². The molecule has 0 atom stereocenters. The third-order valence-electron chi connectivity index (χ3n) is 5.45. The van der Waals surface area contributed by atoms with E-state index in [1.807, 2.05) is 25.3 Å². The molecular weight excluding hydrogens is 484 g/mol. The first-order chi connectivity index (χ1) is 17.5. The second-order valence-electron chi connectivity index (χ2n) is 8.01. The highest BCUT2D eigenvalue weighted by atomic mass is 32.1. The van der Waals surface area contributed by atoms with Gasteiger partial charge in [0.15, 0.2) is 0 Å². The summed E-state index contributed by atoms with van der Waals surface area (Å²) in [7, 11) is 0. The van der Waals surface area contributed by atoms with Gasteiger partial charge in [-0.15, -0.1) is 16.4 Å². The number of aromatic nitrogens is 5. The standard InChI is InChI=1S/C23H24N8O4S/c1-3-24-22(32)28-18-10-15(21-26-13(2)12-36-21)16(11-25-18)14-8-17(20-29-30-23(33)35-20)27-19(9-14)31-4-6-34-7-5-31/h8-12H,3-7H2,1-2H3,(H,30,33)(H2,24,25,28,32). The van der Waals surface area contributed by atoms with Crippen LogP contribution in [0.2, 0.25) is 0 Å². The Morgan fingerprint density at radius 2 is 2.03 bits per heavy atom. The molecule has 5 heterocycles. The summed E-state index contributed by atoms with van der Waals surface area (Å²) < 4.78 is 10.7. The first-order valence-corrected chi connectivity index (χ1v) is 12.3. The van der Waals surface area contributed by atoms with E-state index in [2.05, 4.69) is 35.7 Å². The number of carbonyl (C=O) groups excluding carboxylic acids is 1. The molecule has 4 aromatic rings. The van der Waals surface area contributed by atoms with Gasteiger partial charge in [-0.1, -0.05) is 0 Å². The normalized spacial score (nSPS) is 13.6. The summed E-state index contributed by atoms with van der Waals surface area (Å²) in [5, 5.41) is 14.5. The van der Waals surface area contributed by atoms with Crippen LogP contribution in [0.3, 0.4) is 0 Å². The van der Waals surface area contributed by atoms with E-state index in [9.17, 15) is 9.59 Å². The number of amides is 2. The molecule has 4 aromatic heterocycles. The number of rotatable bonds is 6. The van der Waals surface area contributed by atoms with Crippen LogP contribution in [0, 0.1) is 6.92 Å². The van der Waals surface area contributed by atoms with Crippen molar-refractivity contribution in [2.75, 3.05) is 43.1 Å². The molecule has 1 aliphatic heterocycles. The van der Waals surface area contributed by atoms with Crippen LogP contribution in [0.5, 0.6) is 0 Å². The molecule has 0 bridgehead atoms. The number of aromatic amines is 1. The summed E-state index contributed by atoms with van der Waals surface area (Å²) in [6.07, 6.45) is 1.69. The minimum Gasteiger partial charge on any atom is -0.386 e. The van der Waals surface area contributed by atoms with E-state index in [4.69, 9.17) is 14.1 Å². The Kier molecular flexibility index (Phi) is 6.73. The van der Waals surface area contributed by atoms with Crippen LogP contribution in [0.15, 0.2) is 39.0 Å². The van der Waals surface area contributed by atoms with Crippen molar-refractivity contribution in [1.82, 2.24) is 30.5 Å². The van der Waals surface area contributed by atoms with Gasteiger partial charge < -0.3 is 19.4 Å². The number of hydrogen-bond donors (Lipinski definition) is 3. The molecule has 1 aliphatic rings. The van der Waals surface area contributed by atoms with Crippen molar-refractivity contribution in [1.29, 1.82) is 0 Å². The minimum absolute atomic E-state index is 0.0884. The van der Waals surface area contributed by atoms with Crippen LogP contribution in [0.25, 0.3) is 33.3 Å². The van der Waals surface area contributed by atoms with Crippen LogP contribution < -0.4 is 21.3 Å². The van der Waals surface area contributed by atoms with E-state index in [-0.39, 0.29) is 11.9 Å². The fourth-order valence-corrected chi connectivity index (χ4v) is 4.63. The van der Waals surface area contributed by atoms with Crippen molar-refractivity contribution in [2.24, 2.45) is 0 Å². The van der Waals surface area contributed by atoms with Gasteiger partial charge in [0.25, 0.3) is 5.89 Å². The van der Waals surface area contributed by atoms with Crippen molar-refractivity contribution < 1.29 is 13.9 Å². The third-order valence-corrected chi connectivity index (χ3v) is 6.44. The molecule has 12 nitrogen and oxygen atoms in total. The van der Waals surface area contributed by atoms with Crippen LogP contribution >= 0.6 is 11.3 Å². The zero-order valence-electron chi connectivity index (χ0n) is 19.7. The Labute approximate surface area is 209 Å². The van der Waals surface area contributed by atoms with Crippen molar-refractivity contribution in [2.45, 2.75) is 13.8 Å². The van der Waals surface area contributed by atoms with Gasteiger partial charge in [-0.3, -0.25) is 5.32 Å². The minimum atomic E-state index is -0.661. The van der Waals surface area contributed by atoms with Crippen molar-refractivity contribution in [3.8, 4) is 33.3 Å². The van der Waals surface area contributed by atoms with Gasteiger partial charge >= 0.3 is 11.8 Å². The molecule has 3 N–H and O–H groups in total. The summed E-state index contributed by atoms with van der Waals surface area (Å²) in [5.74, 6) is 0.521. The second kappa shape index (κ2) is 10.3. The van der Waals surface area contributed by atoms with Crippen molar-refractivity contribution >= 4 is 29.0 Å². The maximum absolute atomic E-state index is 12.1. The molecule has 2 amide bonds. The number of urea groups is 1. The highest BCUT2D eigenvalue weighted by Gasteiger charge is 2.20. The molecule has 0 saturated carbocycles. The molecule has 0 spiro atoms. The monoisotopic (exact) mass is 508 g/mol. The molecule has 13 heteroatoms. The van der Waals surface area contributed by atoms with Gasteiger partial charge in [0, 0.05) is 48.0 Å². The van der Waals surface area contributed by atoms with Gasteiger partial charge in [-0.05, 0) is 37.6 Å². The van der Waals surface area contributed by atoms with E-state index >= 15 is 0 Å². The zero-order valence-corrected chi connectivity index (χ0v) is 20.5. The van der Waals surface area contributed by atoms with E-state index in [1.165, 1.54) is 11.3 Å². The van der Waals surface area contributed by atoms with Crippen LogP contribution in [0.1, 0.15) is 12.6 Å². The van der Waals surface area contributed by atoms with Gasteiger partial charge in [0.2, 0.25) is 0 Å². The lowest BCUT2D eigenvalue weighted by atomic mass is 10.0. The molecule has 186 valence electrons. The van der Waals surface area contributed by atoms with Crippen LogP contribution in [-0.4, -0.2) is 64.0 Å². The summed E-state index contributed by atoms with van der Waals surface area (Å²) in [6.45, 7) is 6.78. The van der Waals surface area contributed by atoms with E-state index in [0.717, 1.165) is 27.4 Å². The maximum Gasteiger partial charge on any atom is 0.434 e. The average Bonchev–Trinajstić information content (AvgIpc) is 3.52. The molecule has 5 rings (SSSR count). The molecular formula is C23H24N8O4S. The van der Waals surface area contributed by atoms with E-state index in [1.54, 1.807) is 18.3 Å². The summed E-state index contributed by atoms with van der Waals surface area (Å²) in [5.41, 5.74) is 3.65. The van der Waals surface area contributed by atoms with Gasteiger partial charge in [-0.2, -0.15) is 0 Å². The molecule has 0 unspecified atom stereocenters.